The highest BCUT2D eigenvalue weighted by atomic mass is 16.5. The lowest BCUT2D eigenvalue weighted by Gasteiger charge is -2.38. The lowest BCUT2D eigenvalue weighted by molar-refractivity contribution is -0.0242. The van der Waals surface area contributed by atoms with Crippen molar-refractivity contribution in [1.29, 1.82) is 0 Å². The number of fused-ring (bicyclic) bond motifs is 2. The fourth-order valence-electron chi connectivity index (χ4n) is 4.18. The van der Waals surface area contributed by atoms with Gasteiger partial charge in [0, 0.05) is 24.7 Å². The maximum Gasteiger partial charge on any atom is 0.338 e. The van der Waals surface area contributed by atoms with Crippen LogP contribution in [0.25, 0.3) is 0 Å². The van der Waals surface area contributed by atoms with Crippen LogP contribution in [0, 0.1) is 16.7 Å². The van der Waals surface area contributed by atoms with Crippen molar-refractivity contribution in [1.82, 2.24) is 4.57 Å². The van der Waals surface area contributed by atoms with Gasteiger partial charge in [0.05, 0.1) is 5.56 Å². The molecule has 3 unspecified atom stereocenters. The van der Waals surface area contributed by atoms with Gasteiger partial charge in [-0.25, -0.2) is 4.79 Å². The molecule has 2 fully saturated rings. The average molecular weight is 289 g/mol. The molecule has 0 radical (unpaired) electrons. The minimum atomic E-state index is -0.373. The zero-order valence-corrected chi connectivity index (χ0v) is 13.2. The van der Waals surface area contributed by atoms with Gasteiger partial charge in [0.1, 0.15) is 6.10 Å². The molecule has 114 valence electrons. The Hall–Kier alpha value is -1.58. The summed E-state index contributed by atoms with van der Waals surface area (Å²) in [6, 6.07) is 2.99. The summed E-state index contributed by atoms with van der Waals surface area (Å²) in [7, 11) is 1.66. The van der Waals surface area contributed by atoms with Crippen LogP contribution in [-0.4, -0.2) is 16.6 Å². The van der Waals surface area contributed by atoms with Gasteiger partial charge in [-0.05, 0) is 36.7 Å². The number of hydrogen-bond acceptors (Lipinski definition) is 3. The van der Waals surface area contributed by atoms with Gasteiger partial charge in [-0.2, -0.15) is 0 Å². The fourth-order valence-corrected chi connectivity index (χ4v) is 4.18. The van der Waals surface area contributed by atoms with E-state index in [9.17, 15) is 9.59 Å². The molecule has 0 aromatic carbocycles. The number of aromatic nitrogens is 1. The molecule has 4 nitrogen and oxygen atoms in total. The topological polar surface area (TPSA) is 48.3 Å². The normalized spacial score (nSPS) is 33.1. The molecule has 0 aliphatic heterocycles. The van der Waals surface area contributed by atoms with E-state index < -0.39 is 0 Å². The molecule has 1 aromatic heterocycles. The van der Waals surface area contributed by atoms with E-state index >= 15 is 0 Å². The Labute approximate surface area is 125 Å². The predicted molar refractivity (Wildman–Crippen MR) is 80.1 cm³/mol. The van der Waals surface area contributed by atoms with Crippen molar-refractivity contribution in [3.8, 4) is 0 Å². The monoisotopic (exact) mass is 289 g/mol. The maximum absolute atomic E-state index is 12.3. The Morgan fingerprint density at radius 2 is 2.10 bits per heavy atom. The van der Waals surface area contributed by atoms with Crippen LogP contribution in [0.15, 0.2) is 23.1 Å². The molecule has 4 heteroatoms. The molecule has 3 atom stereocenters. The standard InChI is InChI=1S/C17H23NO3/c1-16(2)12-5-7-17(16,3)13(10-12)21-15(20)11-6-8-18(4)14(19)9-11/h6,8-9,12-13H,5,7,10H2,1-4H3. The summed E-state index contributed by atoms with van der Waals surface area (Å²) in [4.78, 5) is 24.0. The lowest BCUT2D eigenvalue weighted by atomic mass is 9.70. The van der Waals surface area contributed by atoms with Crippen molar-refractivity contribution >= 4 is 5.97 Å². The Bertz CT molecular complexity index is 646. The molecular weight excluding hydrogens is 266 g/mol. The van der Waals surface area contributed by atoms with E-state index in [1.165, 1.54) is 17.1 Å². The smallest absolute Gasteiger partial charge is 0.338 e. The molecular formula is C17H23NO3. The highest BCUT2D eigenvalue weighted by Crippen LogP contribution is 2.66. The van der Waals surface area contributed by atoms with Crippen LogP contribution >= 0.6 is 0 Å². The van der Waals surface area contributed by atoms with E-state index in [0.29, 0.717) is 11.5 Å². The minimum Gasteiger partial charge on any atom is -0.458 e. The van der Waals surface area contributed by atoms with E-state index in [2.05, 4.69) is 20.8 Å². The van der Waals surface area contributed by atoms with E-state index in [1.54, 1.807) is 19.3 Å². The maximum atomic E-state index is 12.3. The van der Waals surface area contributed by atoms with Crippen molar-refractivity contribution in [3.05, 3.63) is 34.2 Å². The van der Waals surface area contributed by atoms with Gasteiger partial charge < -0.3 is 9.30 Å². The first-order chi connectivity index (χ1) is 9.75. The van der Waals surface area contributed by atoms with Crippen LogP contribution in [0.4, 0.5) is 0 Å². The number of carbonyl (C=O) groups excluding carboxylic acids is 1. The van der Waals surface area contributed by atoms with Crippen LogP contribution in [0.1, 0.15) is 50.4 Å². The number of carbonyl (C=O) groups is 1. The third kappa shape index (κ3) is 1.95. The van der Waals surface area contributed by atoms with Crippen molar-refractivity contribution in [3.63, 3.8) is 0 Å². The van der Waals surface area contributed by atoms with Gasteiger partial charge in [-0.15, -0.1) is 0 Å². The summed E-state index contributed by atoms with van der Waals surface area (Å²) in [5.41, 5.74) is 0.420. The van der Waals surface area contributed by atoms with Crippen LogP contribution in [0.3, 0.4) is 0 Å². The fraction of sp³-hybridized carbons (Fsp3) is 0.647. The highest BCUT2D eigenvalue weighted by molar-refractivity contribution is 5.89. The first kappa shape index (κ1) is 14.4. The van der Waals surface area contributed by atoms with Crippen molar-refractivity contribution < 1.29 is 9.53 Å². The SMILES string of the molecule is Cn1ccc(C(=O)OC2CC3CCC2(C)C3(C)C)cc1=O. The minimum absolute atomic E-state index is 0.0391. The molecule has 2 bridgehead atoms. The molecule has 2 saturated carbocycles. The number of rotatable bonds is 2. The zero-order chi connectivity index (χ0) is 15.4. The zero-order valence-electron chi connectivity index (χ0n) is 13.2. The Kier molecular flexibility index (Phi) is 3.05. The number of pyridine rings is 1. The Balaban J connectivity index is 1.80. The van der Waals surface area contributed by atoms with Gasteiger partial charge in [0.25, 0.3) is 5.56 Å². The van der Waals surface area contributed by atoms with Crippen LogP contribution < -0.4 is 5.56 Å². The Morgan fingerprint density at radius 1 is 1.38 bits per heavy atom. The molecule has 0 saturated heterocycles. The third-order valence-electron chi connectivity index (χ3n) is 6.30. The number of esters is 1. The van der Waals surface area contributed by atoms with Crippen molar-refractivity contribution in [2.24, 2.45) is 23.8 Å². The molecule has 3 rings (SSSR count). The quantitative estimate of drug-likeness (QED) is 0.787. The van der Waals surface area contributed by atoms with E-state index in [4.69, 9.17) is 4.74 Å². The van der Waals surface area contributed by atoms with E-state index in [0.717, 1.165) is 12.8 Å². The molecule has 2 aliphatic carbocycles. The molecule has 21 heavy (non-hydrogen) atoms. The highest BCUT2D eigenvalue weighted by Gasteiger charge is 2.62. The van der Waals surface area contributed by atoms with Gasteiger partial charge in [0.15, 0.2) is 0 Å². The molecule has 1 heterocycles. The van der Waals surface area contributed by atoms with Crippen molar-refractivity contribution in [2.75, 3.05) is 0 Å². The van der Waals surface area contributed by atoms with Crippen LogP contribution in [-0.2, 0) is 11.8 Å². The summed E-state index contributed by atoms with van der Waals surface area (Å²) in [5.74, 6) is 0.256. The average Bonchev–Trinajstić information content (AvgIpc) is 2.75. The van der Waals surface area contributed by atoms with Gasteiger partial charge in [0.2, 0.25) is 0 Å². The lowest BCUT2D eigenvalue weighted by Crippen LogP contribution is -2.38. The second-order valence-corrected chi connectivity index (χ2v) is 7.37. The molecule has 2 aliphatic rings. The van der Waals surface area contributed by atoms with E-state index in [1.807, 2.05) is 0 Å². The number of aryl methyl sites for hydroxylation is 1. The first-order valence-electron chi connectivity index (χ1n) is 7.63. The molecule has 0 spiro atoms. The Morgan fingerprint density at radius 3 is 2.62 bits per heavy atom. The molecule has 0 N–H and O–H groups in total. The van der Waals surface area contributed by atoms with Gasteiger partial charge in [-0.1, -0.05) is 20.8 Å². The number of ether oxygens (including phenoxy) is 1. The van der Waals surface area contributed by atoms with Crippen LogP contribution in [0.2, 0.25) is 0 Å². The van der Waals surface area contributed by atoms with Crippen LogP contribution in [0.5, 0.6) is 0 Å². The summed E-state index contributed by atoms with van der Waals surface area (Å²) < 4.78 is 7.22. The third-order valence-corrected chi connectivity index (χ3v) is 6.30. The molecule has 1 aromatic rings. The van der Waals surface area contributed by atoms with Gasteiger partial charge >= 0.3 is 5.97 Å². The van der Waals surface area contributed by atoms with Crippen molar-refractivity contribution in [2.45, 2.75) is 46.1 Å². The van der Waals surface area contributed by atoms with E-state index in [-0.39, 0.29) is 28.5 Å². The first-order valence-corrected chi connectivity index (χ1v) is 7.63. The number of nitrogens with zero attached hydrogens (tertiary/aromatic N) is 1. The predicted octanol–water partition coefficient (Wildman–Crippen LogP) is 2.76. The summed E-state index contributed by atoms with van der Waals surface area (Å²) in [5, 5.41) is 0. The van der Waals surface area contributed by atoms with Gasteiger partial charge in [-0.3, -0.25) is 4.79 Å². The molecule has 0 amide bonds. The largest absolute Gasteiger partial charge is 0.458 e. The number of hydrogen-bond donors (Lipinski definition) is 0. The summed E-state index contributed by atoms with van der Waals surface area (Å²) in [6.07, 6.45) is 4.84. The second-order valence-electron chi connectivity index (χ2n) is 7.37. The summed E-state index contributed by atoms with van der Waals surface area (Å²) in [6.45, 7) is 6.81. The second kappa shape index (κ2) is 4.46. The summed E-state index contributed by atoms with van der Waals surface area (Å²) >= 11 is 0.